The molecule has 0 aliphatic carbocycles. The fraction of sp³-hybridized carbons (Fsp3) is 0.667. The van der Waals surface area contributed by atoms with Gasteiger partial charge >= 0.3 is 0 Å². The highest BCUT2D eigenvalue weighted by Gasteiger charge is 2.30. The molecule has 1 aromatic rings. The summed E-state index contributed by atoms with van der Waals surface area (Å²) >= 11 is 0. The summed E-state index contributed by atoms with van der Waals surface area (Å²) in [5, 5.41) is 0. The topological polar surface area (TPSA) is 43.9 Å². The number of piperazine rings is 1. The third-order valence-corrected chi connectivity index (χ3v) is 7.24. The van der Waals surface area contributed by atoms with E-state index in [9.17, 15) is 8.42 Å². The van der Waals surface area contributed by atoms with Crippen LogP contribution in [-0.4, -0.2) is 73.6 Å². The van der Waals surface area contributed by atoms with Crippen LogP contribution < -0.4 is 0 Å². The average molecular weight is 352 g/mol. The molecule has 0 atom stereocenters. The number of rotatable bonds is 5. The van der Waals surface area contributed by atoms with E-state index >= 15 is 0 Å². The monoisotopic (exact) mass is 351 g/mol. The Hall–Kier alpha value is -0.950. The molecule has 0 unspecified atom stereocenters. The van der Waals surface area contributed by atoms with Crippen LogP contribution in [0.25, 0.3) is 0 Å². The Bertz CT molecular complexity index is 604. The lowest BCUT2D eigenvalue weighted by molar-refractivity contribution is 0.0786. The first-order valence-electron chi connectivity index (χ1n) is 9.06. The van der Waals surface area contributed by atoms with Gasteiger partial charge in [-0.05, 0) is 38.4 Å². The van der Waals surface area contributed by atoms with Crippen LogP contribution in [0.3, 0.4) is 0 Å². The molecule has 0 radical (unpaired) electrons. The van der Waals surface area contributed by atoms with Gasteiger partial charge in [0.05, 0.1) is 5.75 Å². The molecule has 0 spiro atoms. The van der Waals surface area contributed by atoms with Gasteiger partial charge in [-0.2, -0.15) is 4.31 Å². The van der Waals surface area contributed by atoms with Crippen molar-refractivity contribution in [1.82, 2.24) is 14.1 Å². The number of likely N-dealkylation sites (tertiary alicyclic amines) is 1. The standard InChI is InChI=1S/C18H29N3O2S/c1-2-24(22,23)21-14-12-20(13-15-21)18-8-10-19(11-9-18)16-17-6-4-3-5-7-17/h3-7,18H,2,8-16H2,1H3. The molecule has 2 aliphatic heterocycles. The van der Waals surface area contributed by atoms with Crippen molar-refractivity contribution in [3.63, 3.8) is 0 Å². The first-order chi connectivity index (χ1) is 11.6. The van der Waals surface area contributed by atoms with Gasteiger partial charge in [0.25, 0.3) is 0 Å². The first kappa shape index (κ1) is 17.9. The van der Waals surface area contributed by atoms with E-state index in [4.69, 9.17) is 0 Å². The minimum Gasteiger partial charge on any atom is -0.299 e. The van der Waals surface area contributed by atoms with Crippen LogP contribution in [0.2, 0.25) is 0 Å². The molecule has 5 nitrogen and oxygen atoms in total. The Morgan fingerprint density at radius 1 is 0.958 bits per heavy atom. The van der Waals surface area contributed by atoms with Crippen molar-refractivity contribution >= 4 is 10.0 Å². The smallest absolute Gasteiger partial charge is 0.213 e. The van der Waals surface area contributed by atoms with E-state index in [-0.39, 0.29) is 5.75 Å². The van der Waals surface area contributed by atoms with Crippen LogP contribution in [0.1, 0.15) is 25.3 Å². The second-order valence-corrected chi connectivity index (χ2v) is 9.09. The van der Waals surface area contributed by atoms with Gasteiger partial charge in [0.1, 0.15) is 0 Å². The molecule has 24 heavy (non-hydrogen) atoms. The number of nitrogens with zero attached hydrogens (tertiary/aromatic N) is 3. The van der Waals surface area contributed by atoms with E-state index in [1.165, 1.54) is 18.4 Å². The fourth-order valence-electron chi connectivity index (χ4n) is 3.81. The predicted molar refractivity (Wildman–Crippen MR) is 97.3 cm³/mol. The molecule has 0 bridgehead atoms. The van der Waals surface area contributed by atoms with Gasteiger partial charge in [-0.1, -0.05) is 30.3 Å². The second kappa shape index (κ2) is 7.95. The van der Waals surface area contributed by atoms with Gasteiger partial charge in [-0.25, -0.2) is 8.42 Å². The average Bonchev–Trinajstić information content (AvgIpc) is 2.63. The van der Waals surface area contributed by atoms with Crippen molar-refractivity contribution in [2.45, 2.75) is 32.4 Å². The molecule has 134 valence electrons. The molecule has 0 aromatic heterocycles. The quantitative estimate of drug-likeness (QED) is 0.809. The van der Waals surface area contributed by atoms with E-state index in [0.29, 0.717) is 19.1 Å². The number of hydrogen-bond donors (Lipinski definition) is 0. The fourth-order valence-corrected chi connectivity index (χ4v) is 4.90. The SMILES string of the molecule is CCS(=O)(=O)N1CCN(C2CCN(Cc3ccccc3)CC2)CC1. The lowest BCUT2D eigenvalue weighted by Crippen LogP contribution is -2.54. The Morgan fingerprint density at radius 2 is 1.58 bits per heavy atom. The number of benzene rings is 1. The molecule has 6 heteroatoms. The number of hydrogen-bond acceptors (Lipinski definition) is 4. The van der Waals surface area contributed by atoms with Crippen LogP contribution in [0.15, 0.2) is 30.3 Å². The highest BCUT2D eigenvalue weighted by Crippen LogP contribution is 2.20. The molecule has 0 amide bonds. The molecule has 2 fully saturated rings. The third-order valence-electron chi connectivity index (χ3n) is 5.35. The van der Waals surface area contributed by atoms with Crippen molar-refractivity contribution in [2.75, 3.05) is 45.0 Å². The molecule has 1 aromatic carbocycles. The maximum absolute atomic E-state index is 12.0. The minimum atomic E-state index is -3.02. The van der Waals surface area contributed by atoms with Crippen LogP contribution >= 0.6 is 0 Å². The van der Waals surface area contributed by atoms with E-state index in [1.54, 1.807) is 11.2 Å². The summed E-state index contributed by atoms with van der Waals surface area (Å²) < 4.78 is 25.6. The lowest BCUT2D eigenvalue weighted by Gasteiger charge is -2.42. The van der Waals surface area contributed by atoms with Crippen LogP contribution in [-0.2, 0) is 16.6 Å². The molecule has 2 heterocycles. The lowest BCUT2D eigenvalue weighted by atomic mass is 10.0. The molecule has 3 rings (SSSR count). The zero-order valence-electron chi connectivity index (χ0n) is 14.6. The number of piperidine rings is 1. The van der Waals surface area contributed by atoms with Crippen molar-refractivity contribution in [3.05, 3.63) is 35.9 Å². The van der Waals surface area contributed by atoms with Gasteiger partial charge in [0.2, 0.25) is 10.0 Å². The third kappa shape index (κ3) is 4.36. The Labute approximate surface area is 146 Å². The molecule has 2 aliphatic rings. The molecule has 0 N–H and O–H groups in total. The summed E-state index contributed by atoms with van der Waals surface area (Å²) in [4.78, 5) is 5.03. The summed E-state index contributed by atoms with van der Waals surface area (Å²) in [6, 6.07) is 11.3. The highest BCUT2D eigenvalue weighted by molar-refractivity contribution is 7.89. The number of sulfonamides is 1. The van der Waals surface area contributed by atoms with E-state index in [1.807, 2.05) is 0 Å². The van der Waals surface area contributed by atoms with Crippen molar-refractivity contribution in [1.29, 1.82) is 0 Å². The van der Waals surface area contributed by atoms with Crippen molar-refractivity contribution < 1.29 is 8.42 Å². The highest BCUT2D eigenvalue weighted by atomic mass is 32.2. The summed E-state index contributed by atoms with van der Waals surface area (Å²) in [6.07, 6.45) is 2.38. The Morgan fingerprint density at radius 3 is 2.17 bits per heavy atom. The van der Waals surface area contributed by atoms with Gasteiger partial charge in [0.15, 0.2) is 0 Å². The van der Waals surface area contributed by atoms with Gasteiger partial charge < -0.3 is 0 Å². The van der Waals surface area contributed by atoms with Crippen LogP contribution in [0.4, 0.5) is 0 Å². The summed E-state index contributed by atoms with van der Waals surface area (Å²) in [6.45, 7) is 8.09. The Kier molecular flexibility index (Phi) is 5.92. The zero-order chi connectivity index (χ0) is 17.0. The van der Waals surface area contributed by atoms with E-state index in [2.05, 4.69) is 40.1 Å². The maximum atomic E-state index is 12.0. The Balaban J connectivity index is 1.44. The summed E-state index contributed by atoms with van der Waals surface area (Å²) in [7, 11) is -3.02. The van der Waals surface area contributed by atoms with Gasteiger partial charge in [-0.3, -0.25) is 9.80 Å². The molecule has 0 saturated carbocycles. The summed E-state index contributed by atoms with van der Waals surface area (Å²) in [5.41, 5.74) is 1.38. The van der Waals surface area contributed by atoms with Crippen LogP contribution in [0, 0.1) is 0 Å². The van der Waals surface area contributed by atoms with E-state index in [0.717, 1.165) is 32.7 Å². The molecular formula is C18H29N3O2S. The van der Waals surface area contributed by atoms with Crippen molar-refractivity contribution in [2.24, 2.45) is 0 Å². The normalized spacial score (nSPS) is 22.7. The zero-order valence-corrected chi connectivity index (χ0v) is 15.4. The second-order valence-electron chi connectivity index (χ2n) is 6.83. The van der Waals surface area contributed by atoms with Gasteiger partial charge in [-0.15, -0.1) is 0 Å². The van der Waals surface area contributed by atoms with Crippen LogP contribution in [0.5, 0.6) is 0 Å². The minimum absolute atomic E-state index is 0.213. The van der Waals surface area contributed by atoms with Gasteiger partial charge in [0, 0.05) is 38.8 Å². The molecule has 2 saturated heterocycles. The largest absolute Gasteiger partial charge is 0.299 e. The van der Waals surface area contributed by atoms with Crippen molar-refractivity contribution in [3.8, 4) is 0 Å². The van der Waals surface area contributed by atoms with E-state index < -0.39 is 10.0 Å². The summed E-state index contributed by atoms with van der Waals surface area (Å²) in [5.74, 6) is 0.213. The molecular weight excluding hydrogens is 322 g/mol. The maximum Gasteiger partial charge on any atom is 0.213 e. The predicted octanol–water partition coefficient (Wildman–Crippen LogP) is 1.62. The first-order valence-corrected chi connectivity index (χ1v) is 10.7.